The molecule has 4 atom stereocenters. The van der Waals surface area contributed by atoms with E-state index < -0.39 is 41.5 Å². The Hall–Kier alpha value is -1.51. The highest BCUT2D eigenvalue weighted by Crippen LogP contribution is 2.46. The molecule has 3 aliphatic rings. The topological polar surface area (TPSA) is 72.5 Å². The van der Waals surface area contributed by atoms with Crippen molar-refractivity contribution in [3.63, 3.8) is 0 Å². The average molecular weight is 378 g/mol. The van der Waals surface area contributed by atoms with Crippen LogP contribution in [0.3, 0.4) is 0 Å². The lowest BCUT2D eigenvalue weighted by atomic mass is 9.94. The van der Waals surface area contributed by atoms with Crippen molar-refractivity contribution in [3.8, 4) is 0 Å². The highest BCUT2D eigenvalue weighted by Gasteiger charge is 2.69. The number of carbonyl (C=O) groups is 1. The van der Waals surface area contributed by atoms with Crippen molar-refractivity contribution in [2.45, 2.75) is 69.8 Å². The van der Waals surface area contributed by atoms with Gasteiger partial charge in [0, 0.05) is 0 Å². The third-order valence-corrected chi connectivity index (χ3v) is 5.01. The molecule has 3 fully saturated rings. The van der Waals surface area contributed by atoms with Gasteiger partial charge in [0.1, 0.15) is 12.2 Å². The second kappa shape index (κ2) is 6.53. The van der Waals surface area contributed by atoms with Crippen LogP contribution in [0.25, 0.3) is 0 Å². The molecule has 148 valence electrons. The summed E-state index contributed by atoms with van der Waals surface area (Å²) in [6.07, 6.45) is -1.65. The molecule has 7 heteroatoms. The van der Waals surface area contributed by atoms with Crippen molar-refractivity contribution in [1.82, 2.24) is 0 Å². The Labute approximate surface area is 158 Å². The van der Waals surface area contributed by atoms with Gasteiger partial charge >= 0.3 is 5.97 Å². The Morgan fingerprint density at radius 1 is 1.07 bits per heavy atom. The summed E-state index contributed by atoms with van der Waals surface area (Å²) in [6, 6.07) is 9.76. The molecule has 0 saturated carbocycles. The summed E-state index contributed by atoms with van der Waals surface area (Å²) in [4.78, 5) is 12.8. The molecule has 27 heavy (non-hydrogen) atoms. The maximum absolute atomic E-state index is 12.8. The molecule has 3 saturated heterocycles. The van der Waals surface area contributed by atoms with E-state index in [0.29, 0.717) is 13.2 Å². The monoisotopic (exact) mass is 378 g/mol. The Bertz CT molecular complexity index is 702. The van der Waals surface area contributed by atoms with Gasteiger partial charge in [-0.1, -0.05) is 30.3 Å². The van der Waals surface area contributed by atoms with Gasteiger partial charge in [-0.2, -0.15) is 0 Å². The maximum Gasteiger partial charge on any atom is 0.344 e. The molecule has 0 N–H and O–H groups in total. The van der Waals surface area contributed by atoms with Crippen LogP contribution in [-0.2, 0) is 39.8 Å². The van der Waals surface area contributed by atoms with Gasteiger partial charge in [-0.15, -0.1) is 0 Å². The van der Waals surface area contributed by atoms with Gasteiger partial charge in [0.2, 0.25) is 5.60 Å². The van der Waals surface area contributed by atoms with E-state index in [1.807, 2.05) is 44.2 Å². The van der Waals surface area contributed by atoms with Gasteiger partial charge < -0.3 is 28.4 Å². The third kappa shape index (κ3) is 3.50. The summed E-state index contributed by atoms with van der Waals surface area (Å²) in [5, 5.41) is 0. The SMILES string of the molecule is CC1(C)OCC(C2OC(=O)C3(COCc4ccccc4)OC(C)(C)OC23)O1. The fraction of sp³-hybridized carbons (Fsp3) is 0.650. The molecule has 0 spiro atoms. The molecular weight excluding hydrogens is 352 g/mol. The minimum atomic E-state index is -1.31. The normalized spacial score (nSPS) is 36.6. The van der Waals surface area contributed by atoms with Crippen LogP contribution in [0.5, 0.6) is 0 Å². The van der Waals surface area contributed by atoms with Gasteiger partial charge in [-0.05, 0) is 33.3 Å². The predicted molar refractivity (Wildman–Crippen MR) is 93.7 cm³/mol. The van der Waals surface area contributed by atoms with Gasteiger partial charge in [0.05, 0.1) is 19.8 Å². The first-order valence-corrected chi connectivity index (χ1v) is 9.23. The predicted octanol–water partition coefficient (Wildman–Crippen LogP) is 2.17. The maximum atomic E-state index is 12.8. The van der Waals surface area contributed by atoms with Crippen LogP contribution in [0.2, 0.25) is 0 Å². The largest absolute Gasteiger partial charge is 0.454 e. The summed E-state index contributed by atoms with van der Waals surface area (Å²) < 4.78 is 35.1. The highest BCUT2D eigenvalue weighted by molar-refractivity contribution is 5.84. The van der Waals surface area contributed by atoms with Crippen LogP contribution in [0.4, 0.5) is 0 Å². The molecule has 1 aromatic rings. The highest BCUT2D eigenvalue weighted by atomic mass is 16.8. The van der Waals surface area contributed by atoms with Crippen LogP contribution in [0.15, 0.2) is 30.3 Å². The molecular formula is C20H26O7. The standard InChI is InChI=1S/C20H26O7/c1-18(2)23-11-14(25-18)15-16-20(17(21)24-15,27-19(3,4)26-16)12-22-10-13-8-6-5-7-9-13/h5-9,14-16H,10-12H2,1-4H3. The number of hydrogen-bond acceptors (Lipinski definition) is 7. The summed E-state index contributed by atoms with van der Waals surface area (Å²) >= 11 is 0. The van der Waals surface area contributed by atoms with Crippen LogP contribution in [0, 0.1) is 0 Å². The lowest BCUT2D eigenvalue weighted by molar-refractivity contribution is -0.212. The number of esters is 1. The van der Waals surface area contributed by atoms with Gasteiger partial charge in [0.15, 0.2) is 17.7 Å². The lowest BCUT2D eigenvalue weighted by Gasteiger charge is -2.25. The minimum Gasteiger partial charge on any atom is -0.454 e. The second-order valence-electron chi connectivity index (χ2n) is 8.15. The lowest BCUT2D eigenvalue weighted by Crippen LogP contribution is -2.50. The zero-order valence-corrected chi connectivity index (χ0v) is 16.1. The zero-order valence-electron chi connectivity index (χ0n) is 16.1. The molecule has 4 unspecified atom stereocenters. The van der Waals surface area contributed by atoms with Crippen LogP contribution in [-0.4, -0.2) is 54.7 Å². The molecule has 0 aromatic heterocycles. The van der Waals surface area contributed by atoms with Crippen molar-refractivity contribution >= 4 is 5.97 Å². The number of benzene rings is 1. The number of hydrogen-bond donors (Lipinski definition) is 0. The van der Waals surface area contributed by atoms with E-state index in [4.69, 9.17) is 28.4 Å². The second-order valence-corrected chi connectivity index (χ2v) is 8.15. The number of fused-ring (bicyclic) bond motifs is 1. The molecule has 3 heterocycles. The van der Waals surface area contributed by atoms with Crippen molar-refractivity contribution in [2.24, 2.45) is 0 Å². The Balaban J connectivity index is 1.51. The zero-order chi connectivity index (χ0) is 19.3. The van der Waals surface area contributed by atoms with Crippen molar-refractivity contribution < 1.29 is 33.2 Å². The third-order valence-electron chi connectivity index (χ3n) is 5.01. The first-order valence-electron chi connectivity index (χ1n) is 9.23. The average Bonchev–Trinajstić information content (AvgIpc) is 3.17. The van der Waals surface area contributed by atoms with Crippen LogP contribution < -0.4 is 0 Å². The smallest absolute Gasteiger partial charge is 0.344 e. The van der Waals surface area contributed by atoms with E-state index >= 15 is 0 Å². The summed E-state index contributed by atoms with van der Waals surface area (Å²) in [6.45, 7) is 7.96. The number of cyclic esters (lactones) is 1. The Morgan fingerprint density at radius 2 is 1.81 bits per heavy atom. The molecule has 1 aromatic carbocycles. The molecule has 0 radical (unpaired) electrons. The first kappa shape index (κ1) is 18.8. The fourth-order valence-electron chi connectivity index (χ4n) is 3.91. The van der Waals surface area contributed by atoms with Gasteiger partial charge in [0.25, 0.3) is 0 Å². The molecule has 0 bridgehead atoms. The number of ether oxygens (including phenoxy) is 6. The summed E-state index contributed by atoms with van der Waals surface area (Å²) in [7, 11) is 0. The minimum absolute atomic E-state index is 0.0439. The number of rotatable bonds is 5. The van der Waals surface area contributed by atoms with Crippen LogP contribution in [0.1, 0.15) is 33.3 Å². The molecule has 0 amide bonds. The van der Waals surface area contributed by atoms with Crippen molar-refractivity contribution in [1.29, 1.82) is 0 Å². The molecule has 7 nitrogen and oxygen atoms in total. The van der Waals surface area contributed by atoms with E-state index in [9.17, 15) is 4.79 Å². The van der Waals surface area contributed by atoms with Gasteiger partial charge in [-0.3, -0.25) is 0 Å². The van der Waals surface area contributed by atoms with E-state index in [0.717, 1.165) is 5.56 Å². The summed E-state index contributed by atoms with van der Waals surface area (Å²) in [5.41, 5.74) is -0.292. The molecule has 3 aliphatic heterocycles. The Morgan fingerprint density at radius 3 is 2.48 bits per heavy atom. The molecule has 0 aliphatic carbocycles. The van der Waals surface area contributed by atoms with E-state index in [1.165, 1.54) is 0 Å². The van der Waals surface area contributed by atoms with E-state index in [-0.39, 0.29) is 6.61 Å². The quantitative estimate of drug-likeness (QED) is 0.727. The van der Waals surface area contributed by atoms with E-state index in [2.05, 4.69) is 0 Å². The molecule has 4 rings (SSSR count). The van der Waals surface area contributed by atoms with Crippen LogP contribution >= 0.6 is 0 Å². The van der Waals surface area contributed by atoms with E-state index in [1.54, 1.807) is 13.8 Å². The fourth-order valence-corrected chi connectivity index (χ4v) is 3.91. The van der Waals surface area contributed by atoms with Gasteiger partial charge in [-0.25, -0.2) is 4.79 Å². The summed E-state index contributed by atoms with van der Waals surface area (Å²) in [5.74, 6) is -2.13. The van der Waals surface area contributed by atoms with Crippen molar-refractivity contribution in [2.75, 3.05) is 13.2 Å². The number of carbonyl (C=O) groups excluding carboxylic acids is 1. The Kier molecular flexibility index (Phi) is 4.56. The van der Waals surface area contributed by atoms with Crippen molar-refractivity contribution in [3.05, 3.63) is 35.9 Å². The first-order chi connectivity index (χ1) is 12.7.